The van der Waals surface area contributed by atoms with Crippen molar-refractivity contribution in [3.63, 3.8) is 0 Å². The number of guanidine groups is 1. The second-order valence-electron chi connectivity index (χ2n) is 8.14. The molecule has 0 spiro atoms. The van der Waals surface area contributed by atoms with E-state index in [-0.39, 0.29) is 41.8 Å². The molecule has 2 N–H and O–H groups in total. The number of likely N-dealkylation sites (tertiary alicyclic amines) is 1. The number of halogens is 2. The summed E-state index contributed by atoms with van der Waals surface area (Å²) >= 11 is 0. The van der Waals surface area contributed by atoms with Gasteiger partial charge in [0.05, 0.1) is 5.69 Å². The predicted octanol–water partition coefficient (Wildman–Crippen LogP) is 4.38. The van der Waals surface area contributed by atoms with Crippen molar-refractivity contribution < 1.29 is 9.18 Å². The Labute approximate surface area is 210 Å². The number of hydrogen-bond acceptors (Lipinski definition) is 3. The van der Waals surface area contributed by atoms with Gasteiger partial charge in [-0.15, -0.1) is 24.0 Å². The number of hydrogen-bond donors (Lipinski definition) is 2. The summed E-state index contributed by atoms with van der Waals surface area (Å²) in [5, 5.41) is 6.74. The van der Waals surface area contributed by atoms with Crippen LogP contribution in [-0.4, -0.2) is 56.0 Å². The van der Waals surface area contributed by atoms with Crippen molar-refractivity contribution in [3.8, 4) is 0 Å². The second kappa shape index (κ2) is 14.5. The van der Waals surface area contributed by atoms with Crippen LogP contribution in [0.1, 0.15) is 58.9 Å². The predicted molar refractivity (Wildman–Crippen MR) is 142 cm³/mol. The molecule has 2 rings (SSSR count). The average Bonchev–Trinajstić information content (AvgIpc) is 2.79. The highest BCUT2D eigenvalue weighted by atomic mass is 127. The van der Waals surface area contributed by atoms with Crippen LogP contribution < -0.4 is 15.5 Å². The standard InChI is InChI=1S/C24H40FN5O.HI/c1-6-19(7-2)23(31)30-14-12-20(13-15-30)28-24(26-5)27-17-18-10-11-22(21(25)16-18)29(8-3)9-4;/h10-11,16,19-20H,6-9,12-15,17H2,1-5H3,(H2,26,27,28);1H. The molecule has 1 aromatic rings. The highest BCUT2D eigenvalue weighted by molar-refractivity contribution is 14.0. The van der Waals surface area contributed by atoms with E-state index in [4.69, 9.17) is 0 Å². The summed E-state index contributed by atoms with van der Waals surface area (Å²) in [5.74, 6) is 0.951. The Hall–Kier alpha value is -1.58. The summed E-state index contributed by atoms with van der Waals surface area (Å²) in [6, 6.07) is 5.68. The van der Waals surface area contributed by atoms with Crippen molar-refractivity contribution in [2.45, 2.75) is 66.0 Å². The van der Waals surface area contributed by atoms with Crippen LogP contribution in [0.5, 0.6) is 0 Å². The molecule has 1 amide bonds. The summed E-state index contributed by atoms with van der Waals surface area (Å²) in [5.41, 5.74) is 1.52. The lowest BCUT2D eigenvalue weighted by atomic mass is 9.98. The first-order chi connectivity index (χ1) is 15.0. The van der Waals surface area contributed by atoms with Crippen molar-refractivity contribution in [2.24, 2.45) is 10.9 Å². The van der Waals surface area contributed by atoms with E-state index in [1.165, 1.54) is 0 Å². The van der Waals surface area contributed by atoms with Gasteiger partial charge in [-0.05, 0) is 57.2 Å². The molecular weight excluding hydrogens is 520 g/mol. The van der Waals surface area contributed by atoms with Crippen molar-refractivity contribution in [1.82, 2.24) is 15.5 Å². The van der Waals surface area contributed by atoms with Crippen LogP contribution in [0.2, 0.25) is 0 Å². The molecule has 0 aromatic heterocycles. The van der Waals surface area contributed by atoms with Crippen molar-refractivity contribution in [2.75, 3.05) is 38.1 Å². The Kier molecular flexibility index (Phi) is 12.9. The Morgan fingerprint density at radius 1 is 1.19 bits per heavy atom. The molecule has 0 bridgehead atoms. The molecule has 1 aromatic carbocycles. The Bertz CT molecular complexity index is 729. The van der Waals surface area contributed by atoms with E-state index in [2.05, 4.69) is 29.5 Å². The largest absolute Gasteiger partial charge is 0.370 e. The quantitative estimate of drug-likeness (QED) is 0.267. The van der Waals surface area contributed by atoms with Gasteiger partial charge in [-0.2, -0.15) is 0 Å². The highest BCUT2D eigenvalue weighted by Gasteiger charge is 2.26. The molecule has 0 atom stereocenters. The lowest BCUT2D eigenvalue weighted by molar-refractivity contribution is -0.136. The molecule has 182 valence electrons. The topological polar surface area (TPSA) is 60.0 Å². The molecule has 6 nitrogen and oxygen atoms in total. The van der Waals surface area contributed by atoms with Gasteiger partial charge in [-0.1, -0.05) is 19.9 Å². The third kappa shape index (κ3) is 7.78. The van der Waals surface area contributed by atoms with E-state index in [0.717, 1.165) is 57.4 Å². The minimum Gasteiger partial charge on any atom is -0.370 e. The van der Waals surface area contributed by atoms with Gasteiger partial charge in [0.25, 0.3) is 0 Å². The number of anilines is 1. The second-order valence-corrected chi connectivity index (χ2v) is 8.14. The Balaban J connectivity index is 0.00000512. The first-order valence-electron chi connectivity index (χ1n) is 11.8. The molecule has 1 heterocycles. The van der Waals surface area contributed by atoms with E-state index in [1.807, 2.05) is 35.8 Å². The number of aliphatic imine (C=N–C) groups is 1. The normalized spacial score (nSPS) is 14.8. The summed E-state index contributed by atoms with van der Waals surface area (Å²) in [6.45, 7) is 11.8. The van der Waals surface area contributed by atoms with Gasteiger partial charge in [-0.25, -0.2) is 4.39 Å². The molecule has 8 heteroatoms. The summed E-state index contributed by atoms with van der Waals surface area (Å²) < 4.78 is 14.5. The zero-order valence-electron chi connectivity index (χ0n) is 20.3. The van der Waals surface area contributed by atoms with Crippen LogP contribution in [0.25, 0.3) is 0 Å². The van der Waals surface area contributed by atoms with Crippen LogP contribution in [0.15, 0.2) is 23.2 Å². The first kappa shape index (κ1) is 28.5. The molecule has 32 heavy (non-hydrogen) atoms. The third-order valence-corrected chi connectivity index (χ3v) is 6.28. The van der Waals surface area contributed by atoms with Crippen molar-refractivity contribution in [3.05, 3.63) is 29.6 Å². The minimum atomic E-state index is -0.194. The fourth-order valence-corrected chi connectivity index (χ4v) is 4.20. The maximum Gasteiger partial charge on any atom is 0.225 e. The van der Waals surface area contributed by atoms with Gasteiger partial charge < -0.3 is 20.4 Å². The molecular formula is C24H41FIN5O. The first-order valence-corrected chi connectivity index (χ1v) is 11.8. The summed E-state index contributed by atoms with van der Waals surface area (Å²) in [6.07, 6.45) is 3.61. The number of piperidine rings is 1. The van der Waals surface area contributed by atoms with E-state index in [9.17, 15) is 9.18 Å². The van der Waals surface area contributed by atoms with E-state index < -0.39 is 0 Å². The summed E-state index contributed by atoms with van der Waals surface area (Å²) in [4.78, 5) is 20.9. The monoisotopic (exact) mass is 561 g/mol. The van der Waals surface area contributed by atoms with Crippen molar-refractivity contribution >= 4 is 41.5 Å². The molecule has 0 unspecified atom stereocenters. The van der Waals surface area contributed by atoms with E-state index >= 15 is 0 Å². The van der Waals surface area contributed by atoms with Gasteiger partial charge in [0.15, 0.2) is 5.96 Å². The van der Waals surface area contributed by atoms with Crippen LogP contribution in [0.4, 0.5) is 10.1 Å². The van der Waals surface area contributed by atoms with E-state index in [0.29, 0.717) is 24.1 Å². The molecule has 1 saturated heterocycles. The fraction of sp³-hybridized carbons (Fsp3) is 0.667. The van der Waals surface area contributed by atoms with Crippen LogP contribution >= 0.6 is 24.0 Å². The Morgan fingerprint density at radius 3 is 2.31 bits per heavy atom. The molecule has 0 aliphatic carbocycles. The minimum absolute atomic E-state index is 0. The average molecular weight is 562 g/mol. The molecule has 0 saturated carbocycles. The van der Waals surface area contributed by atoms with Crippen LogP contribution in [0.3, 0.4) is 0 Å². The third-order valence-electron chi connectivity index (χ3n) is 6.28. The van der Waals surface area contributed by atoms with Gasteiger partial charge >= 0.3 is 0 Å². The molecule has 1 aliphatic rings. The van der Waals surface area contributed by atoms with Crippen LogP contribution in [-0.2, 0) is 11.3 Å². The van der Waals surface area contributed by atoms with Gasteiger partial charge in [0.2, 0.25) is 5.91 Å². The number of rotatable bonds is 9. The van der Waals surface area contributed by atoms with E-state index in [1.54, 1.807) is 13.1 Å². The zero-order valence-corrected chi connectivity index (χ0v) is 22.6. The zero-order chi connectivity index (χ0) is 22.8. The summed E-state index contributed by atoms with van der Waals surface area (Å²) in [7, 11) is 1.74. The lowest BCUT2D eigenvalue weighted by Gasteiger charge is -2.34. The smallest absolute Gasteiger partial charge is 0.225 e. The van der Waals surface area contributed by atoms with Gasteiger partial charge in [-0.3, -0.25) is 9.79 Å². The molecule has 0 radical (unpaired) electrons. The number of benzene rings is 1. The highest BCUT2D eigenvalue weighted by Crippen LogP contribution is 2.20. The number of amides is 1. The Morgan fingerprint density at radius 2 is 1.81 bits per heavy atom. The number of carbonyl (C=O) groups is 1. The SMILES string of the molecule is CCC(CC)C(=O)N1CCC(NC(=NC)NCc2ccc(N(CC)CC)c(F)c2)CC1.I. The van der Waals surface area contributed by atoms with Gasteiger partial charge in [0.1, 0.15) is 5.82 Å². The number of nitrogens with zero attached hydrogens (tertiary/aromatic N) is 3. The maximum atomic E-state index is 14.5. The van der Waals surface area contributed by atoms with Crippen molar-refractivity contribution in [1.29, 1.82) is 0 Å². The van der Waals surface area contributed by atoms with Gasteiger partial charge in [0, 0.05) is 51.7 Å². The molecule has 1 aliphatic heterocycles. The number of nitrogens with one attached hydrogen (secondary N) is 2. The maximum absolute atomic E-state index is 14.5. The molecule has 1 fully saturated rings. The lowest BCUT2D eigenvalue weighted by Crippen LogP contribution is -2.50. The fourth-order valence-electron chi connectivity index (χ4n) is 4.20. The van der Waals surface area contributed by atoms with Crippen LogP contribution in [0, 0.1) is 11.7 Å². The number of carbonyl (C=O) groups excluding carboxylic acids is 1.